The molecule has 8 heteroatoms. The molecule has 8 nitrogen and oxygen atoms in total. The van der Waals surface area contributed by atoms with Crippen LogP contribution in [0.1, 0.15) is 24.2 Å². The van der Waals surface area contributed by atoms with E-state index in [2.05, 4.69) is 5.32 Å². The Labute approximate surface area is 131 Å². The molecule has 0 aliphatic carbocycles. The fourth-order valence-corrected chi connectivity index (χ4v) is 1.89. The summed E-state index contributed by atoms with van der Waals surface area (Å²) in [5.41, 5.74) is 0.110. The molecule has 0 bridgehead atoms. The largest absolute Gasteiger partial charge is 0.496 e. The van der Waals surface area contributed by atoms with Crippen molar-refractivity contribution in [2.45, 2.75) is 19.6 Å². The van der Waals surface area contributed by atoms with Gasteiger partial charge >= 0.3 is 17.9 Å². The number of cyclic esters (lactones) is 2. The Balaban J connectivity index is 2.21. The Morgan fingerprint density at radius 1 is 1.26 bits per heavy atom. The molecule has 23 heavy (non-hydrogen) atoms. The molecule has 2 rings (SSSR count). The first-order chi connectivity index (χ1) is 10.7. The monoisotopic (exact) mass is 321 g/mol. The SMILES string of the molecule is COc1cc(NC=C2C(=O)OC(C)(C)OC2=O)ccc1C(=O)O. The number of carbonyl (C=O) groups excluding carboxylic acids is 2. The van der Waals surface area contributed by atoms with Crippen LogP contribution in [-0.4, -0.2) is 35.9 Å². The predicted molar refractivity (Wildman–Crippen MR) is 77.9 cm³/mol. The average molecular weight is 321 g/mol. The third kappa shape index (κ3) is 3.60. The van der Waals surface area contributed by atoms with Crippen molar-refractivity contribution in [3.8, 4) is 5.75 Å². The van der Waals surface area contributed by atoms with E-state index in [-0.39, 0.29) is 16.9 Å². The van der Waals surface area contributed by atoms with Crippen LogP contribution in [0.25, 0.3) is 0 Å². The number of methoxy groups -OCH3 is 1. The number of anilines is 1. The number of carbonyl (C=O) groups is 3. The van der Waals surface area contributed by atoms with E-state index in [4.69, 9.17) is 19.3 Å². The molecule has 2 N–H and O–H groups in total. The lowest BCUT2D eigenvalue weighted by Gasteiger charge is -2.29. The van der Waals surface area contributed by atoms with E-state index in [9.17, 15) is 14.4 Å². The lowest BCUT2D eigenvalue weighted by molar-refractivity contribution is -0.222. The molecule has 0 aromatic heterocycles. The molecule has 1 heterocycles. The van der Waals surface area contributed by atoms with Gasteiger partial charge in [-0.3, -0.25) is 0 Å². The number of aromatic carboxylic acids is 1. The smallest absolute Gasteiger partial charge is 0.350 e. The van der Waals surface area contributed by atoms with Crippen molar-refractivity contribution in [1.29, 1.82) is 0 Å². The molecule has 1 fully saturated rings. The van der Waals surface area contributed by atoms with Gasteiger partial charge in [0, 0.05) is 31.8 Å². The molecule has 1 aliphatic rings. The van der Waals surface area contributed by atoms with Crippen LogP contribution in [0.2, 0.25) is 0 Å². The van der Waals surface area contributed by atoms with Crippen LogP contribution in [0.15, 0.2) is 30.0 Å². The van der Waals surface area contributed by atoms with Crippen LogP contribution in [0, 0.1) is 0 Å². The van der Waals surface area contributed by atoms with Crippen LogP contribution in [0.4, 0.5) is 5.69 Å². The maximum Gasteiger partial charge on any atom is 0.350 e. The number of benzene rings is 1. The quantitative estimate of drug-likeness (QED) is 0.488. The average Bonchev–Trinajstić information content (AvgIpc) is 2.44. The number of hydrogen-bond donors (Lipinski definition) is 2. The van der Waals surface area contributed by atoms with E-state index in [0.717, 1.165) is 6.20 Å². The molecule has 0 amide bonds. The van der Waals surface area contributed by atoms with E-state index in [1.54, 1.807) is 0 Å². The van der Waals surface area contributed by atoms with Gasteiger partial charge in [0.2, 0.25) is 0 Å². The van der Waals surface area contributed by atoms with Crippen molar-refractivity contribution in [2.24, 2.45) is 0 Å². The van der Waals surface area contributed by atoms with Crippen LogP contribution < -0.4 is 10.1 Å². The third-order valence-corrected chi connectivity index (χ3v) is 2.93. The number of nitrogens with one attached hydrogen (secondary N) is 1. The predicted octanol–water partition coefficient (Wildman–Crippen LogP) is 1.53. The van der Waals surface area contributed by atoms with Gasteiger partial charge in [-0.2, -0.15) is 0 Å². The topological polar surface area (TPSA) is 111 Å². The van der Waals surface area contributed by atoms with Gasteiger partial charge in [-0.15, -0.1) is 0 Å². The van der Waals surface area contributed by atoms with Crippen LogP contribution in [0.5, 0.6) is 5.75 Å². The number of hydrogen-bond acceptors (Lipinski definition) is 7. The summed E-state index contributed by atoms with van der Waals surface area (Å²) in [5, 5.41) is 11.7. The number of ether oxygens (including phenoxy) is 3. The summed E-state index contributed by atoms with van der Waals surface area (Å²) in [4.78, 5) is 34.6. The number of esters is 2. The number of carboxylic acids is 1. The maximum atomic E-state index is 11.8. The van der Waals surface area contributed by atoms with E-state index in [1.807, 2.05) is 0 Å². The van der Waals surface area contributed by atoms with Gasteiger partial charge in [0.15, 0.2) is 5.57 Å². The highest BCUT2D eigenvalue weighted by Gasteiger charge is 2.38. The normalized spacial score (nSPS) is 16.2. The molecule has 0 spiro atoms. The highest BCUT2D eigenvalue weighted by atomic mass is 16.7. The first-order valence-corrected chi connectivity index (χ1v) is 6.58. The van der Waals surface area contributed by atoms with Gasteiger partial charge in [0.05, 0.1) is 7.11 Å². The number of carboxylic acid groups (broad SMARTS) is 1. The second-order valence-electron chi connectivity index (χ2n) is 5.10. The zero-order valence-electron chi connectivity index (χ0n) is 12.7. The Bertz CT molecular complexity index is 684. The first kappa shape index (κ1) is 16.3. The minimum atomic E-state index is -1.31. The molecular weight excluding hydrogens is 306 g/mol. The molecule has 0 saturated carbocycles. The molecule has 1 saturated heterocycles. The Morgan fingerprint density at radius 3 is 2.39 bits per heavy atom. The molecule has 0 atom stereocenters. The minimum Gasteiger partial charge on any atom is -0.496 e. The lowest BCUT2D eigenvalue weighted by Crippen LogP contribution is -2.42. The summed E-state index contributed by atoms with van der Waals surface area (Å²) in [6, 6.07) is 4.22. The highest BCUT2D eigenvalue weighted by molar-refractivity contribution is 6.15. The Morgan fingerprint density at radius 2 is 1.87 bits per heavy atom. The fraction of sp³-hybridized carbons (Fsp3) is 0.267. The van der Waals surface area contributed by atoms with Gasteiger partial charge in [-0.1, -0.05) is 0 Å². The molecule has 1 aromatic rings. The molecule has 122 valence electrons. The summed E-state index contributed by atoms with van der Waals surface area (Å²) in [6.45, 7) is 2.89. The van der Waals surface area contributed by atoms with Gasteiger partial charge in [-0.25, -0.2) is 14.4 Å². The standard InChI is InChI=1S/C15H15NO7/c1-15(2)22-13(19)10(14(20)23-15)7-16-8-4-5-9(12(17)18)11(6-8)21-3/h4-7,16H,1-3H3,(H,17,18). The molecular formula is C15H15NO7. The summed E-state index contributed by atoms with van der Waals surface area (Å²) in [7, 11) is 1.34. The zero-order valence-corrected chi connectivity index (χ0v) is 12.7. The second kappa shape index (κ2) is 5.99. The first-order valence-electron chi connectivity index (χ1n) is 6.58. The maximum absolute atomic E-state index is 11.8. The number of rotatable bonds is 4. The van der Waals surface area contributed by atoms with Crippen molar-refractivity contribution in [3.05, 3.63) is 35.5 Å². The summed E-state index contributed by atoms with van der Waals surface area (Å²) < 4.78 is 14.9. The minimum absolute atomic E-state index is 0.0102. The van der Waals surface area contributed by atoms with Gasteiger partial charge < -0.3 is 24.6 Å². The van der Waals surface area contributed by atoms with E-state index in [1.165, 1.54) is 39.2 Å². The Kier molecular flexibility index (Phi) is 4.26. The summed E-state index contributed by atoms with van der Waals surface area (Å²) in [5.74, 6) is -3.93. The second-order valence-corrected chi connectivity index (χ2v) is 5.10. The molecule has 0 radical (unpaired) electrons. The van der Waals surface area contributed by atoms with Crippen LogP contribution in [0.3, 0.4) is 0 Å². The fourth-order valence-electron chi connectivity index (χ4n) is 1.89. The lowest BCUT2D eigenvalue weighted by atomic mass is 10.1. The van der Waals surface area contributed by atoms with E-state index in [0.29, 0.717) is 5.69 Å². The molecule has 1 aromatic carbocycles. The third-order valence-electron chi connectivity index (χ3n) is 2.93. The van der Waals surface area contributed by atoms with Crippen molar-refractivity contribution in [2.75, 3.05) is 12.4 Å². The van der Waals surface area contributed by atoms with Crippen molar-refractivity contribution in [1.82, 2.24) is 0 Å². The van der Waals surface area contributed by atoms with Gasteiger partial charge in [-0.05, 0) is 12.1 Å². The van der Waals surface area contributed by atoms with Crippen LogP contribution >= 0.6 is 0 Å². The van der Waals surface area contributed by atoms with Gasteiger partial charge in [0.1, 0.15) is 11.3 Å². The summed E-state index contributed by atoms with van der Waals surface area (Å²) in [6.07, 6.45) is 1.13. The van der Waals surface area contributed by atoms with E-state index < -0.39 is 23.7 Å². The molecule has 1 aliphatic heterocycles. The van der Waals surface area contributed by atoms with Gasteiger partial charge in [0.25, 0.3) is 5.79 Å². The highest BCUT2D eigenvalue weighted by Crippen LogP contribution is 2.25. The van der Waals surface area contributed by atoms with E-state index >= 15 is 0 Å². The molecule has 0 unspecified atom stereocenters. The van der Waals surface area contributed by atoms with Crippen LogP contribution in [-0.2, 0) is 19.1 Å². The van der Waals surface area contributed by atoms with Crippen molar-refractivity contribution < 1.29 is 33.7 Å². The van der Waals surface area contributed by atoms with Crippen molar-refractivity contribution >= 4 is 23.6 Å². The zero-order chi connectivity index (χ0) is 17.2. The van der Waals surface area contributed by atoms with Crippen molar-refractivity contribution in [3.63, 3.8) is 0 Å². The summed E-state index contributed by atoms with van der Waals surface area (Å²) >= 11 is 0. The Hall–Kier alpha value is -3.03.